The van der Waals surface area contributed by atoms with Gasteiger partial charge in [-0.2, -0.15) is 0 Å². The van der Waals surface area contributed by atoms with Gasteiger partial charge in [0.15, 0.2) is 0 Å². The monoisotopic (exact) mass is 150 g/mol. The summed E-state index contributed by atoms with van der Waals surface area (Å²) in [5.41, 5.74) is 1.22. The van der Waals surface area contributed by atoms with E-state index in [0.29, 0.717) is 0 Å². The predicted octanol–water partition coefficient (Wildman–Crippen LogP) is 3.40. The SMILES string of the molecule is CC/C=C(\C)c1ccc(C)o1. The van der Waals surface area contributed by atoms with E-state index < -0.39 is 0 Å². The van der Waals surface area contributed by atoms with Gasteiger partial charge in [0.25, 0.3) is 0 Å². The zero-order valence-corrected chi connectivity index (χ0v) is 7.35. The molecule has 1 heteroatoms. The molecule has 0 aliphatic rings. The van der Waals surface area contributed by atoms with Crippen molar-refractivity contribution in [3.05, 3.63) is 29.7 Å². The van der Waals surface area contributed by atoms with Gasteiger partial charge in [-0.3, -0.25) is 0 Å². The Morgan fingerprint density at radius 3 is 2.73 bits per heavy atom. The summed E-state index contributed by atoms with van der Waals surface area (Å²) in [7, 11) is 0. The molecule has 0 saturated heterocycles. The Kier molecular flexibility index (Phi) is 2.53. The average Bonchev–Trinajstić information content (AvgIpc) is 2.36. The van der Waals surface area contributed by atoms with Crippen molar-refractivity contribution in [2.45, 2.75) is 27.2 Å². The van der Waals surface area contributed by atoms with Crippen LogP contribution in [0.5, 0.6) is 0 Å². The molecule has 0 spiro atoms. The lowest BCUT2D eigenvalue weighted by Gasteiger charge is -1.93. The fourth-order valence-electron chi connectivity index (χ4n) is 1.05. The topological polar surface area (TPSA) is 13.1 Å². The quantitative estimate of drug-likeness (QED) is 0.629. The number of allylic oxidation sites excluding steroid dienone is 2. The Bertz CT molecular complexity index is 256. The Morgan fingerprint density at radius 1 is 1.55 bits per heavy atom. The van der Waals surface area contributed by atoms with Gasteiger partial charge in [-0.25, -0.2) is 0 Å². The van der Waals surface area contributed by atoms with Crippen LogP contribution < -0.4 is 0 Å². The highest BCUT2D eigenvalue weighted by molar-refractivity contribution is 5.58. The Morgan fingerprint density at radius 2 is 2.27 bits per heavy atom. The minimum absolute atomic E-state index is 0.976. The average molecular weight is 150 g/mol. The van der Waals surface area contributed by atoms with Crippen LogP contribution in [0, 0.1) is 6.92 Å². The molecular formula is C10H14O. The summed E-state index contributed by atoms with van der Waals surface area (Å²) < 4.78 is 5.43. The third kappa shape index (κ3) is 1.97. The summed E-state index contributed by atoms with van der Waals surface area (Å²) in [4.78, 5) is 0. The van der Waals surface area contributed by atoms with Crippen molar-refractivity contribution in [1.29, 1.82) is 0 Å². The van der Waals surface area contributed by atoms with Gasteiger partial charge in [-0.15, -0.1) is 0 Å². The highest BCUT2D eigenvalue weighted by Crippen LogP contribution is 2.16. The lowest BCUT2D eigenvalue weighted by atomic mass is 10.2. The molecule has 0 atom stereocenters. The van der Waals surface area contributed by atoms with E-state index in [2.05, 4.69) is 19.9 Å². The summed E-state index contributed by atoms with van der Waals surface area (Å²) in [5, 5.41) is 0. The van der Waals surface area contributed by atoms with Crippen molar-refractivity contribution < 1.29 is 4.42 Å². The zero-order valence-electron chi connectivity index (χ0n) is 7.35. The minimum atomic E-state index is 0.976. The molecule has 1 heterocycles. The van der Waals surface area contributed by atoms with Crippen LogP contribution in [0.1, 0.15) is 31.8 Å². The first-order valence-corrected chi connectivity index (χ1v) is 3.97. The second kappa shape index (κ2) is 3.42. The van der Waals surface area contributed by atoms with Crippen LogP contribution >= 0.6 is 0 Å². The number of rotatable bonds is 2. The normalized spacial score (nSPS) is 12.1. The van der Waals surface area contributed by atoms with Crippen molar-refractivity contribution in [2.24, 2.45) is 0 Å². The van der Waals surface area contributed by atoms with Gasteiger partial charge >= 0.3 is 0 Å². The van der Waals surface area contributed by atoms with E-state index in [1.165, 1.54) is 5.57 Å². The molecule has 1 nitrogen and oxygen atoms in total. The van der Waals surface area contributed by atoms with Gasteiger partial charge in [-0.05, 0) is 38.0 Å². The van der Waals surface area contributed by atoms with Gasteiger partial charge in [0.05, 0.1) is 0 Å². The predicted molar refractivity (Wildman–Crippen MR) is 47.4 cm³/mol. The zero-order chi connectivity index (χ0) is 8.27. The molecule has 0 unspecified atom stereocenters. The van der Waals surface area contributed by atoms with Crippen LogP contribution in [-0.4, -0.2) is 0 Å². The van der Waals surface area contributed by atoms with Gasteiger partial charge in [0.1, 0.15) is 11.5 Å². The maximum Gasteiger partial charge on any atom is 0.129 e. The third-order valence-corrected chi connectivity index (χ3v) is 1.64. The first kappa shape index (κ1) is 8.12. The first-order chi connectivity index (χ1) is 5.24. The van der Waals surface area contributed by atoms with E-state index in [-0.39, 0.29) is 0 Å². The van der Waals surface area contributed by atoms with Crippen molar-refractivity contribution >= 4 is 5.57 Å². The third-order valence-electron chi connectivity index (χ3n) is 1.64. The van der Waals surface area contributed by atoms with Crippen molar-refractivity contribution in [3.63, 3.8) is 0 Å². The lowest BCUT2D eigenvalue weighted by molar-refractivity contribution is 0.521. The molecule has 0 N–H and O–H groups in total. The van der Waals surface area contributed by atoms with Crippen LogP contribution in [0.2, 0.25) is 0 Å². The van der Waals surface area contributed by atoms with Gasteiger partial charge < -0.3 is 4.42 Å². The van der Waals surface area contributed by atoms with Crippen molar-refractivity contribution in [3.8, 4) is 0 Å². The fourth-order valence-corrected chi connectivity index (χ4v) is 1.05. The number of aryl methyl sites for hydroxylation is 1. The minimum Gasteiger partial charge on any atom is -0.462 e. The Balaban J connectivity index is 2.84. The second-order valence-corrected chi connectivity index (χ2v) is 2.71. The van der Waals surface area contributed by atoms with E-state index in [4.69, 9.17) is 4.42 Å². The molecule has 0 saturated carbocycles. The number of hydrogen-bond acceptors (Lipinski definition) is 1. The summed E-state index contributed by atoms with van der Waals surface area (Å²) in [6.45, 7) is 6.16. The maximum absolute atomic E-state index is 5.43. The van der Waals surface area contributed by atoms with Crippen LogP contribution in [0.15, 0.2) is 22.6 Å². The smallest absolute Gasteiger partial charge is 0.129 e. The highest BCUT2D eigenvalue weighted by Gasteiger charge is 1.98. The molecule has 0 radical (unpaired) electrons. The molecule has 60 valence electrons. The maximum atomic E-state index is 5.43. The van der Waals surface area contributed by atoms with E-state index in [9.17, 15) is 0 Å². The molecule has 0 aliphatic heterocycles. The van der Waals surface area contributed by atoms with Gasteiger partial charge in [0, 0.05) is 0 Å². The number of furan rings is 1. The van der Waals surface area contributed by atoms with Crippen LogP contribution in [-0.2, 0) is 0 Å². The van der Waals surface area contributed by atoms with E-state index in [1.54, 1.807) is 0 Å². The molecule has 0 fully saturated rings. The van der Waals surface area contributed by atoms with E-state index >= 15 is 0 Å². The molecule has 1 aromatic heterocycles. The van der Waals surface area contributed by atoms with Gasteiger partial charge in [-0.1, -0.05) is 13.0 Å². The van der Waals surface area contributed by atoms with Crippen molar-refractivity contribution in [1.82, 2.24) is 0 Å². The second-order valence-electron chi connectivity index (χ2n) is 2.71. The summed E-state index contributed by atoms with van der Waals surface area (Å²) in [6, 6.07) is 4.00. The molecule has 0 aliphatic carbocycles. The van der Waals surface area contributed by atoms with Gasteiger partial charge in [0.2, 0.25) is 0 Å². The van der Waals surface area contributed by atoms with Crippen LogP contribution in [0.4, 0.5) is 0 Å². The molecular weight excluding hydrogens is 136 g/mol. The van der Waals surface area contributed by atoms with Crippen LogP contribution in [0.25, 0.3) is 5.57 Å². The molecule has 0 bridgehead atoms. The Hall–Kier alpha value is -0.980. The summed E-state index contributed by atoms with van der Waals surface area (Å²) >= 11 is 0. The van der Waals surface area contributed by atoms with Crippen LogP contribution in [0.3, 0.4) is 0 Å². The molecule has 11 heavy (non-hydrogen) atoms. The summed E-state index contributed by atoms with van der Waals surface area (Å²) in [5.74, 6) is 1.97. The fraction of sp³-hybridized carbons (Fsp3) is 0.400. The first-order valence-electron chi connectivity index (χ1n) is 3.97. The summed E-state index contributed by atoms with van der Waals surface area (Å²) in [6.07, 6.45) is 3.23. The standard InChI is InChI=1S/C10H14O/c1-4-5-8(2)10-7-6-9(3)11-10/h5-7H,4H2,1-3H3/b8-5+. The number of hydrogen-bond donors (Lipinski definition) is 0. The molecule has 0 aromatic carbocycles. The highest BCUT2D eigenvalue weighted by atomic mass is 16.3. The van der Waals surface area contributed by atoms with Crippen molar-refractivity contribution in [2.75, 3.05) is 0 Å². The van der Waals surface area contributed by atoms with E-state index in [0.717, 1.165) is 17.9 Å². The largest absolute Gasteiger partial charge is 0.462 e. The van der Waals surface area contributed by atoms with E-state index in [1.807, 2.05) is 19.1 Å². The lowest BCUT2D eigenvalue weighted by Crippen LogP contribution is -1.72. The molecule has 1 aromatic rings. The Labute approximate surface area is 67.7 Å². The molecule has 0 amide bonds. The molecule has 1 rings (SSSR count).